The molecule has 31 nitrogen and oxygen atoms in total. The second-order valence-electron chi connectivity index (χ2n) is 40.6. The lowest BCUT2D eigenvalue weighted by Gasteiger charge is -2.34. The van der Waals surface area contributed by atoms with Crippen LogP contribution < -0.4 is 43.4 Å². The molecule has 35 heteroatoms. The molecule has 7 aromatic carbocycles. The maximum atomic E-state index is 13.5. The number of sulfonamides is 3. The lowest BCUT2D eigenvalue weighted by atomic mass is 9.88. The number of nitrogen functional groups attached to an aromatic ring is 2. The van der Waals surface area contributed by atoms with Crippen LogP contribution in [-0.2, 0) is 63.5 Å². The van der Waals surface area contributed by atoms with Gasteiger partial charge >= 0.3 is 18.2 Å². The molecule has 3 saturated carbocycles. The highest BCUT2D eigenvalue weighted by atomic mass is 79.9. The summed E-state index contributed by atoms with van der Waals surface area (Å²) < 4.78 is 105. The number of amidine groups is 3. The van der Waals surface area contributed by atoms with E-state index >= 15 is 0 Å². The van der Waals surface area contributed by atoms with E-state index in [-0.39, 0.29) is 93.6 Å². The van der Waals surface area contributed by atoms with Gasteiger partial charge in [0.1, 0.15) is 59.4 Å². The molecule has 2 atom stereocenters. The predicted octanol–water partition coefficient (Wildman–Crippen LogP) is 20.2. The van der Waals surface area contributed by atoms with Crippen molar-refractivity contribution in [1.29, 1.82) is 0 Å². The van der Waals surface area contributed by atoms with Crippen LogP contribution in [0.1, 0.15) is 279 Å². The third-order valence-corrected chi connectivity index (χ3v) is 35.7. The second-order valence-corrected chi connectivity index (χ2v) is 47.0. The van der Waals surface area contributed by atoms with E-state index in [1.807, 2.05) is 140 Å². The summed E-state index contributed by atoms with van der Waals surface area (Å²) in [6, 6.07) is 41.7. The van der Waals surface area contributed by atoms with E-state index < -0.39 is 76.9 Å². The number of nitrogens with one attached hydrogen (secondary N) is 6. The molecule has 6 fully saturated rings. The first-order valence-corrected chi connectivity index (χ1v) is 57.1. The van der Waals surface area contributed by atoms with Gasteiger partial charge in [-0.2, -0.15) is 12.9 Å². The highest BCUT2D eigenvalue weighted by Crippen LogP contribution is 2.48. The number of benzene rings is 7. The number of aryl methyl sites for hydroxylation is 6. The molecule has 5 aliphatic carbocycles. The number of aliphatic imine (C=N–C) groups is 3. The number of carbonyl (C=O) groups is 7. The van der Waals surface area contributed by atoms with E-state index in [4.69, 9.17) is 48.9 Å². The SMILES string of the molecule is C.C=CS(=O)(=O)N1CCC2(CC1)N=C(C1CCCCC1)NC2=O.CC(C)[C@H](NC(=O)OCC1c2ccccc2-c2ccccc21)C(=O)O.CCO.Cc1cc(N)cc(C)c1/C=C/S(=O)(=O)N1CCC2(CC1)N=C(C1CCCCC1)NC2=O.Cc1cc(N)cc(C)c1Br.Cc1cc(NC(=O)[C@@H](NC(=O)OCC2c3ccccc3-c3ccccc32)C(C)C)cc(C)c1/C=C/S(=O)(=O)N1CCC2(CC1)N=C(C1CCCCC1)NC2=O.[2H]CC.[3H]C. The molecule has 6 aliphatic heterocycles. The monoisotopic (exact) mass is 2180 g/mol. The number of fused-ring (bicyclic) bond motifs is 6. The van der Waals surface area contributed by atoms with Crippen LogP contribution in [0.4, 0.5) is 26.7 Å². The zero-order valence-corrected chi connectivity index (χ0v) is 92.4. The maximum absolute atomic E-state index is 13.5. The minimum absolute atomic E-state index is 0. The number of piperidine rings is 3. The fourth-order valence-electron chi connectivity index (χ4n) is 21.6. The van der Waals surface area contributed by atoms with Crippen LogP contribution in [0.3, 0.4) is 0 Å². The Morgan fingerprint density at radius 3 is 1.06 bits per heavy atom. The highest BCUT2D eigenvalue weighted by Gasteiger charge is 2.52. The Hall–Kier alpha value is -11.6. The second kappa shape index (κ2) is 53.6. The summed E-state index contributed by atoms with van der Waals surface area (Å²) in [5.41, 5.74) is 27.5. The van der Waals surface area contributed by atoms with Crippen LogP contribution in [0.2, 0.25) is 0 Å². The molecule has 6 heterocycles. The number of alkyl carbamates (subject to hydrolysis) is 2. The molecule has 6 amide bonds. The standard InChI is InChI=1S/C43H51N5O6S.C23H32N4O3S.C20H21NO4.C15H23N3O3S.C8H10BrN.C2H6O.C2H6.2CH4/c1-27(2)38(45-42(51)54-26-37-35-16-10-8-14-33(35)34-15-9-11-17-36(34)37)40(49)44-31-24-28(3)32(29(4)25-31)18-23-55(52,53)48-21-19-43(20-22-48)41(50)46-39(47-43)30-12-6-5-7-13-30;1-16-14-19(24)15-17(2)20(16)8-13-31(29,30)27-11-9-23(10-12-27)22(28)25-21(26-23)18-6-4-3-5-7-18;1-12(2)18(19(22)23)21-20(24)25-11-17-15-9-5-3-7-13(15)14-8-4-6-10-16(14)17;1-2-22(20,21)18-10-8-15(9-11-18)14(19)16-13(17-15)12-6-4-3-5-7-12;1-5-3-7(10)4-6(2)8(5)9;1-2-3;1-2;;/h8-11,14-18,23-25,27,30,37-38H,5-7,12-13,19-22,26H2,1-4H3,(H,44,49)(H,45,51)(H,46,47,50);8,13-15,18H,3-7,9-12,24H2,1-2H3,(H,25,26,28);3-10,12,17-18H,11H2,1-2H3,(H,21,24)(H,22,23);2,12H,1,3-11H2,(H,16,17,19);3-4H,10H2,1-2H3;3H,2H2,1H3;1-2H3;2*1H4/b23-18+;13-8+;;;;;;;/t38-;;18-;;;;;;/m0.0....../s1/i;;;;;;1D;1T;. The lowest BCUT2D eigenvalue weighted by molar-refractivity contribution is -0.140. The van der Waals surface area contributed by atoms with Crippen molar-refractivity contribution in [2.75, 3.05) is 75.9 Å². The van der Waals surface area contributed by atoms with E-state index in [1.54, 1.807) is 52.0 Å². The Balaban J connectivity index is 0.000000207. The number of nitrogens with zero attached hydrogens (tertiary/aromatic N) is 6. The summed E-state index contributed by atoms with van der Waals surface area (Å²) in [6.45, 7) is 28.3. The molecule has 3 spiro atoms. The molecule has 18 rings (SSSR count). The van der Waals surface area contributed by atoms with Crippen LogP contribution in [0.25, 0.3) is 34.4 Å². The van der Waals surface area contributed by atoms with Gasteiger partial charge in [-0.05, 0) is 275 Å². The molecule has 0 bridgehead atoms. The largest absolute Gasteiger partial charge is 0.480 e. The van der Waals surface area contributed by atoms with Gasteiger partial charge in [0.2, 0.25) is 36.0 Å². The zero-order chi connectivity index (χ0) is 110. The average Bonchev–Trinajstić information content (AvgIpc) is 1.62. The van der Waals surface area contributed by atoms with E-state index in [1.165, 1.54) is 87.2 Å². The number of hydrogen-bond acceptors (Lipinski definition) is 21. The summed E-state index contributed by atoms with van der Waals surface area (Å²) in [5.74, 6) is 1.19. The quantitative estimate of drug-likeness (QED) is 0.0282. The Morgan fingerprint density at radius 1 is 0.500 bits per heavy atom. The number of halogens is 1. The first-order valence-electron chi connectivity index (χ1n) is 53.6. The third kappa shape index (κ3) is 29.3. The van der Waals surface area contributed by atoms with Gasteiger partial charge in [-0.1, -0.05) is 234 Å². The van der Waals surface area contributed by atoms with Crippen molar-refractivity contribution >= 4 is 135 Å². The van der Waals surface area contributed by atoms with E-state index in [9.17, 15) is 58.8 Å². The number of amides is 6. The molecule has 7 aromatic rings. The lowest BCUT2D eigenvalue weighted by Crippen LogP contribution is -2.50. The highest BCUT2D eigenvalue weighted by molar-refractivity contribution is 9.10. The number of anilines is 3. The number of carboxylic acids is 1. The smallest absolute Gasteiger partial charge is 0.407 e. The predicted molar refractivity (Wildman–Crippen MR) is 604 cm³/mol. The summed E-state index contributed by atoms with van der Waals surface area (Å²) in [6.07, 6.45) is 21.4. The number of aliphatic carboxylic acids is 1. The molecule has 0 radical (unpaired) electrons. The maximum Gasteiger partial charge on any atom is 0.407 e. The fourth-order valence-corrected chi connectivity index (χ4v) is 25.1. The Morgan fingerprint density at radius 2 is 0.773 bits per heavy atom. The number of hydrogen-bond donors (Lipinski definition) is 10. The summed E-state index contributed by atoms with van der Waals surface area (Å²) in [4.78, 5) is 102. The van der Waals surface area contributed by atoms with E-state index in [0.717, 1.165) is 162 Å². The first-order chi connectivity index (χ1) is 71.9. The number of nitrogens with two attached hydrogens (primary N) is 2. The van der Waals surface area contributed by atoms with Gasteiger partial charge < -0.3 is 63.1 Å². The van der Waals surface area contributed by atoms with Crippen molar-refractivity contribution in [3.63, 3.8) is 0 Å². The minimum Gasteiger partial charge on any atom is -0.480 e. The van der Waals surface area contributed by atoms with Crippen molar-refractivity contribution in [2.24, 2.45) is 44.6 Å². The van der Waals surface area contributed by atoms with Gasteiger partial charge in [0.15, 0.2) is 0 Å². The van der Waals surface area contributed by atoms with Crippen LogP contribution >= 0.6 is 15.9 Å². The topological polar surface area (TPSA) is 452 Å². The molecular weight excluding hydrogens is 2030 g/mol. The number of aliphatic hydroxyl groups excluding tert-OH is 1. The van der Waals surface area contributed by atoms with Crippen LogP contribution in [0.5, 0.6) is 0 Å². The summed E-state index contributed by atoms with van der Waals surface area (Å²) in [5, 5.41) is 37.3. The number of carboxylic acid groups (broad SMARTS) is 1. The summed E-state index contributed by atoms with van der Waals surface area (Å²) >= 11 is 3.46. The zero-order valence-electron chi connectivity index (χ0n) is 90.4. The van der Waals surface area contributed by atoms with Gasteiger partial charge in [-0.25, -0.2) is 39.6 Å². The number of ether oxygens (including phenoxy) is 2. The van der Waals surface area contributed by atoms with Gasteiger partial charge in [0.05, 0.1) is 0 Å². The van der Waals surface area contributed by atoms with Gasteiger partial charge in [0.25, 0.3) is 17.7 Å². The van der Waals surface area contributed by atoms with Crippen molar-refractivity contribution in [3.8, 4) is 22.3 Å². The Kier molecular flexibility index (Phi) is 41.9. The van der Waals surface area contributed by atoms with Crippen LogP contribution in [-0.4, -0.2) is 195 Å². The molecule has 3 saturated heterocycles. The molecule has 0 aromatic heterocycles. The van der Waals surface area contributed by atoms with Crippen molar-refractivity contribution in [3.05, 3.63) is 227 Å². The van der Waals surface area contributed by atoms with Gasteiger partial charge in [-0.15, -0.1) is 0 Å². The molecule has 0 unspecified atom stereocenters. The van der Waals surface area contributed by atoms with E-state index in [2.05, 4.69) is 90.8 Å². The van der Waals surface area contributed by atoms with Crippen LogP contribution in [0.15, 0.2) is 176 Å². The van der Waals surface area contributed by atoms with Crippen LogP contribution in [0, 0.1) is 71.1 Å². The number of carbonyl (C=O) groups excluding carboxylic acids is 6. The van der Waals surface area contributed by atoms with Crippen molar-refractivity contribution in [2.45, 2.75) is 280 Å². The fraction of sp³-hybridized carbons (Fsp3) is 0.496. The average molecular weight is 2190 g/mol. The Labute approximate surface area is 899 Å². The Bertz CT molecular complexity index is 6370. The number of aliphatic hydroxyl groups is 1. The molecule has 11 aliphatic rings. The van der Waals surface area contributed by atoms with Crippen molar-refractivity contribution < 1.29 is 81.2 Å². The van der Waals surface area contributed by atoms with Gasteiger partial charge in [0, 0.05) is 116 Å². The van der Waals surface area contributed by atoms with Gasteiger partial charge in [-0.3, -0.25) is 34.2 Å². The first kappa shape index (κ1) is 117. The summed E-state index contributed by atoms with van der Waals surface area (Å²) in [7, 11) is -9.50. The number of rotatable bonds is 22. The molecule has 150 heavy (non-hydrogen) atoms. The van der Waals surface area contributed by atoms with E-state index in [0.29, 0.717) is 94.8 Å². The molecule has 814 valence electrons. The van der Waals surface area contributed by atoms with Crippen molar-refractivity contribution in [1.82, 2.24) is 39.5 Å². The normalized spacial score (nSPS) is 18.9. The molecule has 12 N–H and O–H groups in total. The molecular formula is C115H157BrN14O17S3. The minimum atomic E-state index is -3.76. The third-order valence-electron chi connectivity index (χ3n) is 29.8.